The van der Waals surface area contributed by atoms with Crippen LogP contribution in [0.25, 0.3) is 0 Å². The zero-order valence-corrected chi connectivity index (χ0v) is 15.1. The highest BCUT2D eigenvalue weighted by Gasteiger charge is 2.12. The maximum Gasteiger partial charge on any atom is 0.336 e. The fourth-order valence-corrected chi connectivity index (χ4v) is 2.07. The monoisotopic (exact) mass is 366 g/mol. The minimum atomic E-state index is -0.545. The van der Waals surface area contributed by atoms with Crippen molar-refractivity contribution in [1.82, 2.24) is 0 Å². The number of esters is 2. The standard InChI is InChI=1S/C22H22O5/c1-17(21(23)26-15-19-9-5-3-6-10-19)13-25-14-18(2)22(24)27-16-20-11-7-4-8-12-20/h3-12H,1-2,13-16H2. The molecule has 0 aliphatic heterocycles. The molecule has 0 aromatic heterocycles. The SMILES string of the molecule is C=C(COCC(=C)C(=O)OCc1ccccc1)C(=O)OCc1ccccc1. The quantitative estimate of drug-likeness (QED) is 0.475. The molecule has 0 aliphatic rings. The summed E-state index contributed by atoms with van der Waals surface area (Å²) in [5.41, 5.74) is 2.09. The van der Waals surface area contributed by atoms with Crippen LogP contribution in [0.2, 0.25) is 0 Å². The number of carbonyl (C=O) groups excluding carboxylic acids is 2. The smallest absolute Gasteiger partial charge is 0.336 e. The molecule has 2 aromatic carbocycles. The summed E-state index contributed by atoms with van der Waals surface area (Å²) >= 11 is 0. The van der Waals surface area contributed by atoms with Crippen molar-refractivity contribution < 1.29 is 23.8 Å². The van der Waals surface area contributed by atoms with E-state index in [2.05, 4.69) is 13.2 Å². The summed E-state index contributed by atoms with van der Waals surface area (Å²) in [6, 6.07) is 18.7. The number of hydrogen-bond donors (Lipinski definition) is 0. The summed E-state index contributed by atoms with van der Waals surface area (Å²) in [5.74, 6) is -1.09. The third-order valence-electron chi connectivity index (χ3n) is 3.56. The lowest BCUT2D eigenvalue weighted by Gasteiger charge is -2.10. The Hall–Kier alpha value is -3.18. The summed E-state index contributed by atoms with van der Waals surface area (Å²) in [5, 5.41) is 0. The van der Waals surface area contributed by atoms with E-state index >= 15 is 0 Å². The summed E-state index contributed by atoms with van der Waals surface area (Å²) < 4.78 is 15.6. The minimum absolute atomic E-state index is 0.0569. The maximum atomic E-state index is 11.9. The normalized spacial score (nSPS) is 10.1. The molecule has 0 saturated carbocycles. The van der Waals surface area contributed by atoms with Crippen LogP contribution in [0.15, 0.2) is 85.0 Å². The predicted octanol–water partition coefficient (Wildman–Crippen LogP) is 3.60. The van der Waals surface area contributed by atoms with Crippen molar-refractivity contribution in [2.45, 2.75) is 13.2 Å². The van der Waals surface area contributed by atoms with Gasteiger partial charge in [-0.3, -0.25) is 0 Å². The molecule has 2 aromatic rings. The minimum Gasteiger partial charge on any atom is -0.457 e. The van der Waals surface area contributed by atoms with Crippen molar-refractivity contribution in [3.63, 3.8) is 0 Å². The van der Waals surface area contributed by atoms with Gasteiger partial charge in [0.1, 0.15) is 13.2 Å². The van der Waals surface area contributed by atoms with Gasteiger partial charge in [-0.25, -0.2) is 9.59 Å². The molecule has 0 heterocycles. The average Bonchev–Trinajstić information content (AvgIpc) is 2.71. The molecule has 0 bridgehead atoms. The van der Waals surface area contributed by atoms with Crippen molar-refractivity contribution in [3.05, 3.63) is 96.1 Å². The first-order valence-corrected chi connectivity index (χ1v) is 8.41. The first kappa shape index (κ1) is 20.1. The lowest BCUT2D eigenvalue weighted by molar-refractivity contribution is -0.140. The lowest BCUT2D eigenvalue weighted by Crippen LogP contribution is -2.15. The van der Waals surface area contributed by atoms with Gasteiger partial charge < -0.3 is 14.2 Å². The fraction of sp³-hybridized carbons (Fsp3) is 0.182. The molecule has 0 radical (unpaired) electrons. The predicted molar refractivity (Wildman–Crippen MR) is 102 cm³/mol. The second-order valence-corrected chi connectivity index (χ2v) is 5.82. The van der Waals surface area contributed by atoms with Crippen LogP contribution < -0.4 is 0 Å². The molecule has 5 heteroatoms. The summed E-state index contributed by atoms with van der Waals surface area (Å²) in [4.78, 5) is 23.7. The average molecular weight is 366 g/mol. The van der Waals surface area contributed by atoms with E-state index < -0.39 is 11.9 Å². The number of carbonyl (C=O) groups is 2. The molecular weight excluding hydrogens is 344 g/mol. The third kappa shape index (κ3) is 7.30. The van der Waals surface area contributed by atoms with Crippen molar-refractivity contribution in [2.75, 3.05) is 13.2 Å². The molecule has 0 N–H and O–H groups in total. The van der Waals surface area contributed by atoms with Gasteiger partial charge in [-0.05, 0) is 11.1 Å². The van der Waals surface area contributed by atoms with Gasteiger partial charge in [0.2, 0.25) is 0 Å². The Labute approximate surface area is 158 Å². The Morgan fingerprint density at radius 2 is 1.04 bits per heavy atom. The van der Waals surface area contributed by atoms with Crippen LogP contribution in [0.3, 0.4) is 0 Å². The van der Waals surface area contributed by atoms with Crippen molar-refractivity contribution in [2.24, 2.45) is 0 Å². The Morgan fingerprint density at radius 3 is 1.41 bits per heavy atom. The number of hydrogen-bond acceptors (Lipinski definition) is 5. The zero-order valence-electron chi connectivity index (χ0n) is 15.1. The Morgan fingerprint density at radius 1 is 0.667 bits per heavy atom. The Kier molecular flexibility index (Phi) is 8.00. The van der Waals surface area contributed by atoms with E-state index in [1.54, 1.807) is 0 Å². The summed E-state index contributed by atoms with van der Waals surface area (Å²) in [6.07, 6.45) is 0. The first-order valence-electron chi connectivity index (χ1n) is 8.41. The molecule has 0 aliphatic carbocycles. The van der Waals surface area contributed by atoms with Crippen LogP contribution in [0.4, 0.5) is 0 Å². The van der Waals surface area contributed by atoms with E-state index in [4.69, 9.17) is 14.2 Å². The highest BCUT2D eigenvalue weighted by molar-refractivity contribution is 5.88. The molecule has 0 spiro atoms. The van der Waals surface area contributed by atoms with Crippen LogP contribution in [-0.4, -0.2) is 25.2 Å². The summed E-state index contributed by atoms with van der Waals surface area (Å²) in [6.45, 7) is 7.49. The molecule has 5 nitrogen and oxygen atoms in total. The molecule has 0 fully saturated rings. The van der Waals surface area contributed by atoms with Crippen molar-refractivity contribution in [1.29, 1.82) is 0 Å². The van der Waals surface area contributed by atoms with Crippen LogP contribution in [0.1, 0.15) is 11.1 Å². The van der Waals surface area contributed by atoms with Crippen molar-refractivity contribution in [3.8, 4) is 0 Å². The molecule has 140 valence electrons. The molecule has 27 heavy (non-hydrogen) atoms. The van der Waals surface area contributed by atoms with Crippen LogP contribution in [-0.2, 0) is 37.0 Å². The lowest BCUT2D eigenvalue weighted by atomic mass is 10.2. The topological polar surface area (TPSA) is 61.8 Å². The van der Waals surface area contributed by atoms with Crippen LogP contribution in [0, 0.1) is 0 Å². The van der Waals surface area contributed by atoms with Crippen LogP contribution >= 0.6 is 0 Å². The molecular formula is C22H22O5. The van der Waals surface area contributed by atoms with Gasteiger partial charge in [0.25, 0.3) is 0 Å². The molecule has 0 atom stereocenters. The summed E-state index contributed by atoms with van der Waals surface area (Å²) in [7, 11) is 0. The van der Waals surface area contributed by atoms with Gasteiger partial charge in [-0.2, -0.15) is 0 Å². The highest BCUT2D eigenvalue weighted by Crippen LogP contribution is 2.06. The van der Waals surface area contributed by atoms with Crippen molar-refractivity contribution >= 4 is 11.9 Å². The number of benzene rings is 2. The second-order valence-electron chi connectivity index (χ2n) is 5.82. The van der Waals surface area contributed by atoms with E-state index in [1.807, 2.05) is 60.7 Å². The number of ether oxygens (including phenoxy) is 3. The van der Waals surface area contributed by atoms with E-state index in [1.165, 1.54) is 0 Å². The Balaban J connectivity index is 1.63. The third-order valence-corrected chi connectivity index (χ3v) is 3.56. The Bertz CT molecular complexity index is 713. The second kappa shape index (κ2) is 10.7. The van der Waals surface area contributed by atoms with Gasteiger partial charge in [-0.15, -0.1) is 0 Å². The van der Waals surface area contributed by atoms with Gasteiger partial charge in [0, 0.05) is 0 Å². The molecule has 0 amide bonds. The fourth-order valence-electron chi connectivity index (χ4n) is 2.07. The highest BCUT2D eigenvalue weighted by atomic mass is 16.5. The first-order chi connectivity index (χ1) is 13.1. The van der Waals surface area contributed by atoms with Gasteiger partial charge >= 0.3 is 11.9 Å². The van der Waals surface area contributed by atoms with Crippen LogP contribution in [0.5, 0.6) is 0 Å². The maximum absolute atomic E-state index is 11.9. The van der Waals surface area contributed by atoms with E-state index in [9.17, 15) is 9.59 Å². The zero-order chi connectivity index (χ0) is 19.5. The van der Waals surface area contributed by atoms with Gasteiger partial charge in [0.05, 0.1) is 24.4 Å². The number of rotatable bonds is 10. The van der Waals surface area contributed by atoms with E-state index in [0.29, 0.717) is 0 Å². The van der Waals surface area contributed by atoms with Gasteiger partial charge in [0.15, 0.2) is 0 Å². The van der Waals surface area contributed by atoms with E-state index in [-0.39, 0.29) is 37.6 Å². The molecule has 0 unspecified atom stereocenters. The van der Waals surface area contributed by atoms with Gasteiger partial charge in [-0.1, -0.05) is 73.8 Å². The molecule has 0 saturated heterocycles. The largest absolute Gasteiger partial charge is 0.457 e. The molecule has 2 rings (SSSR count). The van der Waals surface area contributed by atoms with E-state index in [0.717, 1.165) is 11.1 Å².